The Morgan fingerprint density at radius 2 is 1.58 bits per heavy atom. The second-order valence-corrected chi connectivity index (χ2v) is 4.30. The van der Waals surface area contributed by atoms with Crippen LogP contribution in [0.2, 0.25) is 0 Å². The molecule has 0 aromatic rings. The smallest absolute Gasteiger partial charge is 0.261 e. The van der Waals surface area contributed by atoms with E-state index in [4.69, 9.17) is 10.4 Å². The van der Waals surface area contributed by atoms with E-state index < -0.39 is 10.1 Å². The van der Waals surface area contributed by atoms with Gasteiger partial charge in [0, 0.05) is 13.1 Å². The molecule has 0 atom stereocenters. The van der Waals surface area contributed by atoms with E-state index in [1.807, 2.05) is 5.01 Å². The van der Waals surface area contributed by atoms with Gasteiger partial charge >= 0.3 is 0 Å². The highest BCUT2D eigenvalue weighted by Crippen LogP contribution is 2.03. The van der Waals surface area contributed by atoms with Crippen LogP contribution in [0.5, 0.6) is 0 Å². The van der Waals surface area contributed by atoms with Crippen LogP contribution in [0.15, 0.2) is 0 Å². The number of hydrogen-bond donors (Lipinski definition) is 2. The number of piperidine rings is 1. The van der Waals surface area contributed by atoms with Gasteiger partial charge in [-0.2, -0.15) is 8.42 Å². The van der Waals surface area contributed by atoms with Crippen LogP contribution in [-0.4, -0.2) is 37.3 Å². The summed E-state index contributed by atoms with van der Waals surface area (Å²) in [6.45, 7) is 2.19. The third-order valence-corrected chi connectivity index (χ3v) is 1.39. The van der Waals surface area contributed by atoms with Crippen LogP contribution in [0.25, 0.3) is 0 Å². The van der Waals surface area contributed by atoms with Crippen molar-refractivity contribution in [1.82, 2.24) is 5.01 Å². The van der Waals surface area contributed by atoms with Crippen molar-refractivity contribution >= 4 is 10.1 Å². The minimum atomic E-state index is -3.67. The lowest BCUT2D eigenvalue weighted by Crippen LogP contribution is -2.35. The van der Waals surface area contributed by atoms with Crippen LogP contribution in [0, 0.1) is 0 Å². The van der Waals surface area contributed by atoms with Crippen molar-refractivity contribution in [2.75, 3.05) is 19.3 Å². The van der Waals surface area contributed by atoms with Crippen molar-refractivity contribution in [3.05, 3.63) is 0 Å². The van der Waals surface area contributed by atoms with Crippen molar-refractivity contribution < 1.29 is 13.0 Å². The van der Waals surface area contributed by atoms with Crippen LogP contribution in [0.3, 0.4) is 0 Å². The van der Waals surface area contributed by atoms with Crippen LogP contribution >= 0.6 is 0 Å². The molecule has 5 nitrogen and oxygen atoms in total. The zero-order chi connectivity index (χ0) is 9.61. The zero-order valence-electron chi connectivity index (χ0n) is 7.23. The van der Waals surface area contributed by atoms with E-state index in [2.05, 4.69) is 0 Å². The summed E-state index contributed by atoms with van der Waals surface area (Å²) in [5.74, 6) is 5.47. The van der Waals surface area contributed by atoms with Crippen LogP contribution in [-0.2, 0) is 10.1 Å². The second-order valence-electron chi connectivity index (χ2n) is 2.83. The lowest BCUT2D eigenvalue weighted by molar-refractivity contribution is 0.235. The molecule has 12 heavy (non-hydrogen) atoms. The lowest BCUT2D eigenvalue weighted by Gasteiger charge is -2.20. The van der Waals surface area contributed by atoms with Crippen LogP contribution in [0.4, 0.5) is 0 Å². The van der Waals surface area contributed by atoms with Gasteiger partial charge in [-0.05, 0) is 12.8 Å². The number of nitrogens with two attached hydrogens (primary N) is 1. The molecule has 1 saturated heterocycles. The first-order valence-corrected chi connectivity index (χ1v) is 5.66. The van der Waals surface area contributed by atoms with Gasteiger partial charge in [0.2, 0.25) is 0 Å². The van der Waals surface area contributed by atoms with E-state index in [9.17, 15) is 8.42 Å². The minimum Gasteiger partial charge on any atom is -0.286 e. The predicted octanol–water partition coefficient (Wildman–Crippen LogP) is -0.150. The Bertz CT molecular complexity index is 189. The Balaban J connectivity index is 0.000000217. The largest absolute Gasteiger partial charge is 0.286 e. The number of hydrogen-bond acceptors (Lipinski definition) is 4. The summed E-state index contributed by atoms with van der Waals surface area (Å²) in [5, 5.41) is 1.89. The molecule has 0 unspecified atom stereocenters. The Hall–Kier alpha value is -0.170. The molecule has 1 fully saturated rings. The molecule has 0 aromatic carbocycles. The summed E-state index contributed by atoms with van der Waals surface area (Å²) in [7, 11) is -3.67. The Labute approximate surface area is 73.3 Å². The Kier molecular flexibility index (Phi) is 5.39. The van der Waals surface area contributed by atoms with Crippen molar-refractivity contribution in [3.63, 3.8) is 0 Å². The lowest BCUT2D eigenvalue weighted by atomic mass is 10.2. The van der Waals surface area contributed by atoms with E-state index >= 15 is 0 Å². The molecule has 0 saturated carbocycles. The summed E-state index contributed by atoms with van der Waals surface area (Å²) in [5.41, 5.74) is 0. The molecule has 1 rings (SSSR count). The highest BCUT2D eigenvalue weighted by Gasteiger charge is 2.02. The Morgan fingerprint density at radius 1 is 1.25 bits per heavy atom. The number of hydrazine groups is 1. The van der Waals surface area contributed by atoms with Crippen molar-refractivity contribution in [2.45, 2.75) is 19.3 Å². The summed E-state index contributed by atoms with van der Waals surface area (Å²) in [6, 6.07) is 0. The van der Waals surface area contributed by atoms with Crippen molar-refractivity contribution in [1.29, 1.82) is 0 Å². The number of rotatable bonds is 0. The van der Waals surface area contributed by atoms with Crippen molar-refractivity contribution in [2.24, 2.45) is 5.84 Å². The van der Waals surface area contributed by atoms with Gasteiger partial charge in [0.15, 0.2) is 0 Å². The fourth-order valence-electron chi connectivity index (χ4n) is 0.918. The van der Waals surface area contributed by atoms with Gasteiger partial charge in [-0.1, -0.05) is 6.42 Å². The molecule has 0 bridgehead atoms. The second kappa shape index (κ2) is 5.47. The maximum absolute atomic E-state index is 9.19. The predicted molar refractivity (Wildman–Crippen MR) is 47.1 cm³/mol. The molecule has 0 aliphatic carbocycles. The number of nitrogens with zero attached hydrogens (tertiary/aromatic N) is 1. The van der Waals surface area contributed by atoms with Gasteiger partial charge in [0.25, 0.3) is 10.1 Å². The monoisotopic (exact) mass is 196 g/mol. The quantitative estimate of drug-likeness (QED) is 0.416. The first kappa shape index (κ1) is 11.8. The molecule has 0 radical (unpaired) electrons. The molecule has 1 aliphatic rings. The van der Waals surface area contributed by atoms with E-state index in [0.29, 0.717) is 6.26 Å². The van der Waals surface area contributed by atoms with Crippen LogP contribution in [0.1, 0.15) is 19.3 Å². The van der Waals surface area contributed by atoms with E-state index in [1.54, 1.807) is 0 Å². The zero-order valence-corrected chi connectivity index (χ0v) is 8.05. The molecule has 0 amide bonds. The Morgan fingerprint density at radius 3 is 1.75 bits per heavy atom. The SMILES string of the molecule is CS(=O)(=O)O.NN1CCCCC1. The summed E-state index contributed by atoms with van der Waals surface area (Å²) < 4.78 is 25.9. The third kappa shape index (κ3) is 12.5. The molecular weight excluding hydrogens is 180 g/mol. The maximum atomic E-state index is 9.19. The average molecular weight is 196 g/mol. The van der Waals surface area contributed by atoms with Crippen molar-refractivity contribution in [3.8, 4) is 0 Å². The van der Waals surface area contributed by atoms with Gasteiger partial charge in [-0.3, -0.25) is 10.4 Å². The fourth-order valence-corrected chi connectivity index (χ4v) is 0.918. The minimum absolute atomic E-state index is 0.715. The van der Waals surface area contributed by atoms with Gasteiger partial charge < -0.3 is 0 Å². The van der Waals surface area contributed by atoms with E-state index in [0.717, 1.165) is 13.1 Å². The van der Waals surface area contributed by atoms with Gasteiger partial charge in [-0.15, -0.1) is 0 Å². The first-order valence-electron chi connectivity index (χ1n) is 3.81. The maximum Gasteiger partial charge on any atom is 0.261 e. The molecule has 1 aliphatic heterocycles. The first-order chi connectivity index (χ1) is 5.39. The highest BCUT2D eigenvalue weighted by molar-refractivity contribution is 7.85. The molecule has 1 heterocycles. The third-order valence-electron chi connectivity index (χ3n) is 1.39. The van der Waals surface area contributed by atoms with Gasteiger partial charge in [-0.25, -0.2) is 5.01 Å². The molecule has 6 heteroatoms. The fraction of sp³-hybridized carbons (Fsp3) is 1.00. The molecule has 3 N–H and O–H groups in total. The van der Waals surface area contributed by atoms with Gasteiger partial charge in [0.05, 0.1) is 6.26 Å². The van der Waals surface area contributed by atoms with E-state index in [-0.39, 0.29) is 0 Å². The summed E-state index contributed by atoms with van der Waals surface area (Å²) >= 11 is 0. The summed E-state index contributed by atoms with van der Waals surface area (Å²) in [6.07, 6.45) is 4.66. The van der Waals surface area contributed by atoms with E-state index in [1.165, 1.54) is 19.3 Å². The average Bonchev–Trinajstić information content (AvgIpc) is 1.85. The van der Waals surface area contributed by atoms with Gasteiger partial charge in [0.1, 0.15) is 0 Å². The standard InChI is InChI=1S/C5H12N2.CH4O3S/c6-7-4-2-1-3-5-7;1-5(2,3)4/h1-6H2;1H3,(H,2,3,4). The molecule has 0 aromatic heterocycles. The normalized spacial score (nSPS) is 19.6. The van der Waals surface area contributed by atoms with Crippen LogP contribution < -0.4 is 5.84 Å². The molecule has 74 valence electrons. The molecule has 0 spiro atoms. The highest BCUT2D eigenvalue weighted by atomic mass is 32.2. The topological polar surface area (TPSA) is 83.6 Å². The summed E-state index contributed by atoms with van der Waals surface area (Å²) in [4.78, 5) is 0. The molecular formula is C6H16N2O3S.